The minimum atomic E-state index is -4.84. The molecule has 0 N–H and O–H groups in total. The number of aromatic nitrogens is 5. The van der Waals surface area contributed by atoms with Crippen LogP contribution in [0.25, 0.3) is 11.3 Å². The molecule has 5 rings (SSSR count). The molecule has 1 amide bonds. The fourth-order valence-corrected chi connectivity index (χ4v) is 4.90. The van der Waals surface area contributed by atoms with Crippen molar-refractivity contribution >= 4 is 5.91 Å². The monoisotopic (exact) mass is 563 g/mol. The maximum Gasteiger partial charge on any atom is 0.418 e. The van der Waals surface area contributed by atoms with Gasteiger partial charge < -0.3 is 14.2 Å². The lowest BCUT2D eigenvalue weighted by Crippen LogP contribution is -2.38. The summed E-state index contributed by atoms with van der Waals surface area (Å²) in [5.41, 5.74) is -0.371. The molecule has 13 heteroatoms. The number of fused-ring (bicyclic) bond motifs is 1. The molecule has 0 radical (unpaired) electrons. The van der Waals surface area contributed by atoms with Crippen molar-refractivity contribution in [3.63, 3.8) is 0 Å². The summed E-state index contributed by atoms with van der Waals surface area (Å²) in [4.78, 5) is 35.9. The minimum absolute atomic E-state index is 0.104. The van der Waals surface area contributed by atoms with Gasteiger partial charge in [0.15, 0.2) is 0 Å². The van der Waals surface area contributed by atoms with Crippen LogP contribution in [0.4, 0.5) is 13.2 Å². The summed E-state index contributed by atoms with van der Waals surface area (Å²) < 4.78 is 50.3. The van der Waals surface area contributed by atoms with Crippen LogP contribution in [-0.4, -0.2) is 48.8 Å². The number of hydrogen-bond donors (Lipinski definition) is 0. The highest BCUT2D eigenvalue weighted by molar-refractivity contribution is 5.99. The van der Waals surface area contributed by atoms with E-state index in [0.29, 0.717) is 34.5 Å². The van der Waals surface area contributed by atoms with Gasteiger partial charge >= 0.3 is 6.18 Å². The highest BCUT2D eigenvalue weighted by Crippen LogP contribution is 2.39. The first-order valence-electron chi connectivity index (χ1n) is 12.5. The van der Waals surface area contributed by atoms with E-state index in [0.717, 1.165) is 4.68 Å². The Hall–Kier alpha value is -4.99. The van der Waals surface area contributed by atoms with Gasteiger partial charge in [-0.15, -0.1) is 0 Å². The molecule has 1 aliphatic rings. The third kappa shape index (κ3) is 5.28. The van der Waals surface area contributed by atoms with E-state index >= 15 is 0 Å². The van der Waals surface area contributed by atoms with Crippen molar-refractivity contribution in [2.45, 2.75) is 32.6 Å². The van der Waals surface area contributed by atoms with Gasteiger partial charge in [0.05, 0.1) is 24.9 Å². The maximum atomic E-state index is 14.1. The van der Waals surface area contributed by atoms with Gasteiger partial charge in [-0.25, -0.2) is 9.67 Å². The molecule has 4 heterocycles. The van der Waals surface area contributed by atoms with Crippen molar-refractivity contribution in [2.24, 2.45) is 7.05 Å². The van der Waals surface area contributed by atoms with E-state index in [2.05, 4.69) is 15.1 Å². The molecule has 0 bridgehead atoms. The molecular weight excluding hydrogens is 539 g/mol. The van der Waals surface area contributed by atoms with Crippen LogP contribution in [0.2, 0.25) is 0 Å². The molecule has 0 saturated heterocycles. The fraction of sp³-hybridized carbons (Fsp3) is 0.286. The number of benzene rings is 1. The van der Waals surface area contributed by atoms with E-state index in [1.807, 2.05) is 10.6 Å². The summed E-state index contributed by atoms with van der Waals surface area (Å²) in [5, 5.41) is 13.2. The average molecular weight is 564 g/mol. The molecule has 0 fully saturated rings. The van der Waals surface area contributed by atoms with Gasteiger partial charge in [-0.05, 0) is 36.6 Å². The van der Waals surface area contributed by atoms with Crippen LogP contribution >= 0.6 is 0 Å². The van der Waals surface area contributed by atoms with E-state index in [9.17, 15) is 28.0 Å². The van der Waals surface area contributed by atoms with Crippen LogP contribution in [0.1, 0.15) is 44.1 Å². The van der Waals surface area contributed by atoms with Crippen molar-refractivity contribution in [2.75, 3.05) is 13.7 Å². The molecule has 3 aromatic heterocycles. The maximum absolute atomic E-state index is 14.1. The summed E-state index contributed by atoms with van der Waals surface area (Å²) in [6.45, 7) is 2.35. The number of ether oxygens (including phenoxy) is 1. The number of imidazole rings is 1. The molecule has 210 valence electrons. The van der Waals surface area contributed by atoms with Crippen molar-refractivity contribution < 1.29 is 22.7 Å². The van der Waals surface area contributed by atoms with Crippen LogP contribution in [0.5, 0.6) is 5.75 Å². The fourth-order valence-electron chi connectivity index (χ4n) is 4.90. The average Bonchev–Trinajstić information content (AvgIpc) is 3.34. The number of methoxy groups -OCH3 is 1. The topological polar surface area (TPSA) is 119 Å². The first-order valence-corrected chi connectivity index (χ1v) is 12.5. The number of halogens is 3. The number of alkyl halides is 3. The van der Waals surface area contributed by atoms with Crippen molar-refractivity contribution in [1.29, 1.82) is 5.26 Å². The third-order valence-corrected chi connectivity index (χ3v) is 7.00. The largest absolute Gasteiger partial charge is 0.495 e. The van der Waals surface area contributed by atoms with E-state index in [4.69, 9.17) is 4.74 Å². The summed E-state index contributed by atoms with van der Waals surface area (Å²) in [7, 11) is 2.71. The van der Waals surface area contributed by atoms with Gasteiger partial charge in [-0.2, -0.15) is 23.5 Å². The second kappa shape index (κ2) is 10.5. The summed E-state index contributed by atoms with van der Waals surface area (Å²) in [6.07, 6.45) is 0.111. The highest BCUT2D eigenvalue weighted by atomic mass is 19.4. The number of hydrogen-bond acceptors (Lipinski definition) is 7. The molecule has 0 aliphatic carbocycles. The molecule has 1 aliphatic heterocycles. The quantitative estimate of drug-likeness (QED) is 0.352. The summed E-state index contributed by atoms with van der Waals surface area (Å²) >= 11 is 0. The Bertz CT molecular complexity index is 1770. The molecule has 0 spiro atoms. The smallest absolute Gasteiger partial charge is 0.418 e. The number of pyridine rings is 1. The third-order valence-electron chi connectivity index (χ3n) is 7.00. The van der Waals surface area contributed by atoms with Gasteiger partial charge in [0, 0.05) is 62.0 Å². The number of amides is 1. The Labute approximate surface area is 232 Å². The zero-order chi connectivity index (χ0) is 29.5. The number of rotatable bonds is 6. The molecule has 1 aromatic carbocycles. The normalized spacial score (nSPS) is 13.2. The van der Waals surface area contributed by atoms with E-state index in [-0.39, 0.29) is 48.7 Å². The lowest BCUT2D eigenvalue weighted by atomic mass is 9.88. The number of nitriles is 1. The van der Waals surface area contributed by atoms with E-state index < -0.39 is 23.0 Å². The Morgan fingerprint density at radius 1 is 1.10 bits per heavy atom. The van der Waals surface area contributed by atoms with Gasteiger partial charge in [-0.3, -0.25) is 14.6 Å². The van der Waals surface area contributed by atoms with Crippen LogP contribution in [0.15, 0.2) is 47.7 Å². The van der Waals surface area contributed by atoms with Crippen LogP contribution in [0, 0.1) is 18.3 Å². The van der Waals surface area contributed by atoms with Crippen molar-refractivity contribution in [3.05, 3.63) is 92.5 Å². The molecular formula is C28H24F3N7O3. The van der Waals surface area contributed by atoms with Crippen molar-refractivity contribution in [1.82, 2.24) is 29.2 Å². The first kappa shape index (κ1) is 27.6. The molecule has 0 saturated carbocycles. The second-order valence-corrected chi connectivity index (χ2v) is 9.60. The van der Waals surface area contributed by atoms with Gasteiger partial charge in [-0.1, -0.05) is 0 Å². The standard InChI is InChI=1S/C28H24F3N7O3/c1-16-33-5-7-37(16)14-17-8-21(26-23(28(29,30)31)11-25(39)36(2)35-26)20-4-6-38(27(40)22(20)9-17)15-19-10-24(41-3)18(12-32)13-34-19/h5,7-11,13H,4,6,14-15H2,1-3H3. The Morgan fingerprint density at radius 3 is 2.51 bits per heavy atom. The zero-order valence-corrected chi connectivity index (χ0v) is 22.4. The molecule has 0 atom stereocenters. The predicted octanol–water partition coefficient (Wildman–Crippen LogP) is 3.49. The Morgan fingerprint density at radius 2 is 1.85 bits per heavy atom. The van der Waals surface area contributed by atoms with Crippen LogP contribution in [0.3, 0.4) is 0 Å². The predicted molar refractivity (Wildman–Crippen MR) is 140 cm³/mol. The van der Waals surface area contributed by atoms with E-state index in [1.54, 1.807) is 42.4 Å². The molecule has 41 heavy (non-hydrogen) atoms. The number of carbonyl (C=O) groups excluding carboxylic acids is 1. The van der Waals surface area contributed by atoms with Crippen molar-refractivity contribution in [3.8, 4) is 23.1 Å². The lowest BCUT2D eigenvalue weighted by molar-refractivity contribution is -0.137. The SMILES string of the molecule is COc1cc(CN2CCc3c(cc(Cn4ccnc4C)cc3-c3nn(C)c(=O)cc3C(F)(F)F)C2=O)ncc1C#N. The van der Waals surface area contributed by atoms with Gasteiger partial charge in [0.2, 0.25) is 0 Å². The summed E-state index contributed by atoms with van der Waals surface area (Å²) in [6, 6.07) is 7.37. The number of nitrogens with zero attached hydrogens (tertiary/aromatic N) is 7. The minimum Gasteiger partial charge on any atom is -0.495 e. The molecule has 0 unspecified atom stereocenters. The zero-order valence-electron chi connectivity index (χ0n) is 22.4. The lowest BCUT2D eigenvalue weighted by Gasteiger charge is -2.30. The first-order chi connectivity index (χ1) is 19.5. The molecule has 10 nitrogen and oxygen atoms in total. The van der Waals surface area contributed by atoms with Crippen LogP contribution < -0.4 is 10.3 Å². The number of carbonyl (C=O) groups is 1. The van der Waals surface area contributed by atoms with E-state index in [1.165, 1.54) is 20.4 Å². The highest BCUT2D eigenvalue weighted by Gasteiger charge is 2.37. The Balaban J connectivity index is 1.63. The van der Waals surface area contributed by atoms with Gasteiger partial charge in [0.25, 0.3) is 11.5 Å². The Kier molecular flexibility index (Phi) is 7.08. The summed E-state index contributed by atoms with van der Waals surface area (Å²) in [5.74, 6) is 0.623. The number of aryl methyl sites for hydroxylation is 2. The van der Waals surface area contributed by atoms with Gasteiger partial charge in [0.1, 0.15) is 28.9 Å². The van der Waals surface area contributed by atoms with Crippen LogP contribution in [-0.2, 0) is 32.7 Å². The molecule has 4 aromatic rings. The second-order valence-electron chi connectivity index (χ2n) is 9.60.